The molecule has 3 rings (SSSR count). The van der Waals surface area contributed by atoms with Crippen LogP contribution in [-0.2, 0) is 6.42 Å². The van der Waals surface area contributed by atoms with Gasteiger partial charge in [0.05, 0.1) is 12.6 Å². The summed E-state index contributed by atoms with van der Waals surface area (Å²) in [5, 5.41) is 3.36. The van der Waals surface area contributed by atoms with Gasteiger partial charge in [0, 0.05) is 18.5 Å². The molecule has 0 radical (unpaired) electrons. The van der Waals surface area contributed by atoms with Crippen LogP contribution in [-0.4, -0.2) is 19.1 Å². The highest BCUT2D eigenvalue weighted by molar-refractivity contribution is 14.0. The fourth-order valence-electron chi connectivity index (χ4n) is 3.22. The number of guanidine groups is 1. The first-order valence-corrected chi connectivity index (χ1v) is 8.86. The number of fused-ring (bicyclic) bond motifs is 1. The molecule has 1 aliphatic heterocycles. The number of rotatable bonds is 5. The molecule has 1 heterocycles. The Balaban J connectivity index is 0.00000243. The van der Waals surface area contributed by atoms with Crippen LogP contribution in [0.1, 0.15) is 37.4 Å². The van der Waals surface area contributed by atoms with Crippen LogP contribution in [0.2, 0.25) is 0 Å². The number of para-hydroxylation sites is 1. The summed E-state index contributed by atoms with van der Waals surface area (Å²) in [7, 11) is 0. The molecule has 0 fully saturated rings. The molecule has 0 aromatic heterocycles. The molecule has 1 atom stereocenters. The number of ether oxygens (including phenoxy) is 1. The molecule has 0 amide bonds. The van der Waals surface area contributed by atoms with Crippen molar-refractivity contribution >= 4 is 29.9 Å². The van der Waals surface area contributed by atoms with E-state index >= 15 is 0 Å². The molecule has 140 valence electrons. The molecule has 1 aliphatic rings. The Bertz CT molecular complexity index is 731. The third-order valence-electron chi connectivity index (χ3n) is 4.48. The van der Waals surface area contributed by atoms with Gasteiger partial charge in [0.15, 0.2) is 5.96 Å². The number of nitrogens with one attached hydrogen (secondary N) is 1. The van der Waals surface area contributed by atoms with E-state index in [1.807, 2.05) is 24.3 Å². The molecule has 0 bridgehead atoms. The van der Waals surface area contributed by atoms with Gasteiger partial charge in [-0.05, 0) is 23.5 Å². The van der Waals surface area contributed by atoms with E-state index in [2.05, 4.69) is 54.5 Å². The Morgan fingerprint density at radius 2 is 1.85 bits per heavy atom. The summed E-state index contributed by atoms with van der Waals surface area (Å²) < 4.78 is 5.70. The monoisotopic (exact) mass is 465 g/mol. The van der Waals surface area contributed by atoms with Gasteiger partial charge in [-0.3, -0.25) is 4.99 Å². The lowest BCUT2D eigenvalue weighted by Crippen LogP contribution is -2.38. The molecule has 3 N–H and O–H groups in total. The molecule has 0 saturated carbocycles. The van der Waals surface area contributed by atoms with Gasteiger partial charge >= 0.3 is 0 Å². The van der Waals surface area contributed by atoms with Crippen molar-refractivity contribution in [2.45, 2.75) is 32.7 Å². The summed E-state index contributed by atoms with van der Waals surface area (Å²) >= 11 is 0. The molecule has 5 heteroatoms. The quantitative estimate of drug-likeness (QED) is 0.393. The summed E-state index contributed by atoms with van der Waals surface area (Å²) in [4.78, 5) is 4.60. The van der Waals surface area contributed by atoms with Crippen molar-refractivity contribution in [3.05, 3.63) is 65.7 Å². The Morgan fingerprint density at radius 1 is 1.15 bits per heavy atom. The second-order valence-corrected chi connectivity index (χ2v) is 7.40. The topological polar surface area (TPSA) is 59.6 Å². The predicted molar refractivity (Wildman–Crippen MR) is 118 cm³/mol. The van der Waals surface area contributed by atoms with Crippen LogP contribution in [0.4, 0.5) is 0 Å². The Hall–Kier alpha value is -1.76. The SMILES string of the molecule is CC(C)(CN=C(N)NC1CCOc2ccccc21)Cc1ccccc1.I. The number of hydrogen-bond acceptors (Lipinski definition) is 2. The molecular formula is C21H28IN3O. The first-order chi connectivity index (χ1) is 12.0. The van der Waals surface area contributed by atoms with Crippen LogP contribution < -0.4 is 15.8 Å². The molecule has 0 spiro atoms. The van der Waals surface area contributed by atoms with Gasteiger partial charge in [0.2, 0.25) is 0 Å². The normalized spacial score (nSPS) is 16.8. The van der Waals surface area contributed by atoms with Crippen molar-refractivity contribution in [2.24, 2.45) is 16.1 Å². The fourth-order valence-corrected chi connectivity index (χ4v) is 3.22. The van der Waals surface area contributed by atoms with Gasteiger partial charge in [0.25, 0.3) is 0 Å². The first kappa shape index (κ1) is 20.6. The summed E-state index contributed by atoms with van der Waals surface area (Å²) in [6.45, 7) is 5.83. The number of benzene rings is 2. The van der Waals surface area contributed by atoms with Crippen LogP contribution in [0.25, 0.3) is 0 Å². The van der Waals surface area contributed by atoms with Crippen LogP contribution >= 0.6 is 24.0 Å². The highest BCUT2D eigenvalue weighted by atomic mass is 127. The molecule has 0 aliphatic carbocycles. The molecular weight excluding hydrogens is 437 g/mol. The second kappa shape index (κ2) is 9.26. The van der Waals surface area contributed by atoms with E-state index in [1.54, 1.807) is 0 Å². The molecule has 2 aromatic rings. The van der Waals surface area contributed by atoms with Crippen molar-refractivity contribution in [3.8, 4) is 5.75 Å². The van der Waals surface area contributed by atoms with Gasteiger partial charge in [0.1, 0.15) is 5.75 Å². The highest BCUT2D eigenvalue weighted by Gasteiger charge is 2.22. The third kappa shape index (κ3) is 5.62. The highest BCUT2D eigenvalue weighted by Crippen LogP contribution is 2.31. The van der Waals surface area contributed by atoms with E-state index in [0.717, 1.165) is 24.2 Å². The van der Waals surface area contributed by atoms with Gasteiger partial charge in [-0.25, -0.2) is 0 Å². The molecule has 1 unspecified atom stereocenters. The van der Waals surface area contributed by atoms with E-state index in [9.17, 15) is 0 Å². The second-order valence-electron chi connectivity index (χ2n) is 7.40. The lowest BCUT2D eigenvalue weighted by molar-refractivity contribution is 0.262. The summed E-state index contributed by atoms with van der Waals surface area (Å²) in [6.07, 6.45) is 1.87. The lowest BCUT2D eigenvalue weighted by atomic mass is 9.86. The maximum absolute atomic E-state index is 6.16. The standard InChI is InChI=1S/C21H27N3O.HI/c1-21(2,14-16-8-4-3-5-9-16)15-23-20(22)24-18-12-13-25-19-11-7-6-10-17(18)19;/h3-11,18H,12-15H2,1-2H3,(H3,22,23,24);1H. The number of halogens is 1. The number of hydrogen-bond donors (Lipinski definition) is 2. The predicted octanol–water partition coefficient (Wildman–Crippen LogP) is 4.30. The third-order valence-corrected chi connectivity index (χ3v) is 4.48. The minimum absolute atomic E-state index is 0. The minimum atomic E-state index is 0. The van der Waals surface area contributed by atoms with E-state index in [4.69, 9.17) is 10.5 Å². The Kier molecular flexibility index (Phi) is 7.32. The van der Waals surface area contributed by atoms with Gasteiger partial charge < -0.3 is 15.8 Å². The fraction of sp³-hybridized carbons (Fsp3) is 0.381. The largest absolute Gasteiger partial charge is 0.493 e. The van der Waals surface area contributed by atoms with Crippen LogP contribution in [0, 0.1) is 5.41 Å². The molecule has 0 saturated heterocycles. The zero-order valence-electron chi connectivity index (χ0n) is 15.4. The zero-order valence-corrected chi connectivity index (χ0v) is 17.8. The van der Waals surface area contributed by atoms with Crippen molar-refractivity contribution in [1.29, 1.82) is 0 Å². The maximum atomic E-state index is 6.16. The maximum Gasteiger partial charge on any atom is 0.189 e. The van der Waals surface area contributed by atoms with Crippen LogP contribution in [0.3, 0.4) is 0 Å². The summed E-state index contributed by atoms with van der Waals surface area (Å²) in [5.74, 6) is 1.44. The smallest absolute Gasteiger partial charge is 0.189 e. The van der Waals surface area contributed by atoms with Gasteiger partial charge in [-0.1, -0.05) is 62.4 Å². The van der Waals surface area contributed by atoms with Crippen molar-refractivity contribution in [3.63, 3.8) is 0 Å². The van der Waals surface area contributed by atoms with E-state index in [1.165, 1.54) is 5.56 Å². The molecule has 4 nitrogen and oxygen atoms in total. The number of aliphatic imine (C=N–C) groups is 1. The zero-order chi connectivity index (χ0) is 17.7. The average Bonchev–Trinajstić information content (AvgIpc) is 2.61. The van der Waals surface area contributed by atoms with Crippen molar-refractivity contribution in [2.75, 3.05) is 13.2 Å². The Morgan fingerprint density at radius 3 is 2.62 bits per heavy atom. The van der Waals surface area contributed by atoms with Crippen LogP contribution in [0.15, 0.2) is 59.6 Å². The number of nitrogens with two attached hydrogens (primary N) is 1. The van der Waals surface area contributed by atoms with E-state index in [0.29, 0.717) is 19.1 Å². The average molecular weight is 465 g/mol. The van der Waals surface area contributed by atoms with Crippen molar-refractivity contribution < 1.29 is 4.74 Å². The first-order valence-electron chi connectivity index (χ1n) is 8.86. The van der Waals surface area contributed by atoms with Crippen LogP contribution in [0.5, 0.6) is 5.75 Å². The van der Waals surface area contributed by atoms with Crippen molar-refractivity contribution in [1.82, 2.24) is 5.32 Å². The Labute approximate surface area is 173 Å². The summed E-state index contributed by atoms with van der Waals surface area (Å²) in [5.41, 5.74) is 8.69. The van der Waals surface area contributed by atoms with E-state index in [-0.39, 0.29) is 35.4 Å². The minimum Gasteiger partial charge on any atom is -0.493 e. The lowest BCUT2D eigenvalue weighted by Gasteiger charge is -2.27. The van der Waals surface area contributed by atoms with E-state index < -0.39 is 0 Å². The number of nitrogens with zero attached hydrogens (tertiary/aromatic N) is 1. The van der Waals surface area contributed by atoms with Gasteiger partial charge in [-0.15, -0.1) is 24.0 Å². The molecule has 2 aromatic carbocycles. The molecule has 26 heavy (non-hydrogen) atoms. The summed E-state index contributed by atoms with van der Waals surface area (Å²) in [6, 6.07) is 18.8. The van der Waals surface area contributed by atoms with Gasteiger partial charge in [-0.2, -0.15) is 0 Å².